The predicted molar refractivity (Wildman–Crippen MR) is 118 cm³/mol. The number of para-hydroxylation sites is 2. The van der Waals surface area contributed by atoms with Gasteiger partial charge in [-0.2, -0.15) is 0 Å². The second-order valence-electron chi connectivity index (χ2n) is 7.18. The number of carbonyl (C=O) groups is 1. The third-order valence-corrected chi connectivity index (χ3v) is 5.13. The number of allylic oxidation sites excluding steroid dienone is 1. The van der Waals surface area contributed by atoms with Crippen LogP contribution in [0.15, 0.2) is 77.2 Å². The highest BCUT2D eigenvalue weighted by atomic mass is 35.5. The minimum absolute atomic E-state index is 0.227. The summed E-state index contributed by atoms with van der Waals surface area (Å²) in [6.45, 7) is 4.30. The third kappa shape index (κ3) is 4.01. The molecule has 0 unspecified atom stereocenters. The lowest BCUT2D eigenvalue weighted by atomic mass is 9.98. The van der Waals surface area contributed by atoms with Gasteiger partial charge in [-0.1, -0.05) is 74.0 Å². The Labute approximate surface area is 174 Å². The minimum Gasteiger partial charge on any atom is -0.436 e. The molecule has 144 valence electrons. The molecule has 0 spiro atoms. The second kappa shape index (κ2) is 8.06. The van der Waals surface area contributed by atoms with Gasteiger partial charge in [-0.05, 0) is 47.4 Å². The van der Waals surface area contributed by atoms with Crippen molar-refractivity contribution < 1.29 is 9.21 Å². The lowest BCUT2D eigenvalue weighted by Gasteiger charge is -2.07. The Bertz CT molecular complexity index is 1170. The highest BCUT2D eigenvalue weighted by Gasteiger charge is 2.22. The molecule has 3 nitrogen and oxygen atoms in total. The first-order valence-corrected chi connectivity index (χ1v) is 9.87. The lowest BCUT2D eigenvalue weighted by molar-refractivity contribution is 0.105. The molecular formula is C25H20ClNO2. The van der Waals surface area contributed by atoms with Crippen molar-refractivity contribution in [2.24, 2.45) is 0 Å². The Morgan fingerprint density at radius 1 is 0.966 bits per heavy atom. The number of fused-ring (bicyclic) bond motifs is 1. The van der Waals surface area contributed by atoms with Crippen LogP contribution in [0.4, 0.5) is 0 Å². The van der Waals surface area contributed by atoms with Crippen molar-refractivity contribution in [2.75, 3.05) is 0 Å². The maximum absolute atomic E-state index is 13.4. The van der Waals surface area contributed by atoms with Gasteiger partial charge in [-0.15, -0.1) is 0 Å². The molecule has 0 amide bonds. The summed E-state index contributed by atoms with van der Waals surface area (Å²) in [4.78, 5) is 17.9. The molecule has 0 N–H and O–H groups in total. The summed E-state index contributed by atoms with van der Waals surface area (Å²) in [5.41, 5.74) is 4.26. The first-order chi connectivity index (χ1) is 14.0. The smallest absolute Gasteiger partial charge is 0.231 e. The van der Waals surface area contributed by atoms with E-state index in [-0.39, 0.29) is 11.7 Å². The van der Waals surface area contributed by atoms with Crippen molar-refractivity contribution in [3.8, 4) is 0 Å². The number of Topliss-reactive ketones (excluding diaryl/α,β-unsaturated/α-hetero) is 1. The summed E-state index contributed by atoms with van der Waals surface area (Å²) in [6, 6.07) is 22.6. The van der Waals surface area contributed by atoms with E-state index in [1.54, 1.807) is 30.3 Å². The fraction of sp³-hybridized carbons (Fsp3) is 0.120. The molecule has 0 aliphatic carbocycles. The quantitative estimate of drug-likeness (QED) is 0.266. The molecule has 4 aromatic rings. The summed E-state index contributed by atoms with van der Waals surface area (Å²) >= 11 is 6.29. The van der Waals surface area contributed by atoms with Gasteiger partial charge in [-0.25, -0.2) is 4.98 Å². The molecule has 0 bridgehead atoms. The minimum atomic E-state index is -0.227. The van der Waals surface area contributed by atoms with Crippen LogP contribution in [-0.4, -0.2) is 10.8 Å². The van der Waals surface area contributed by atoms with Crippen molar-refractivity contribution in [3.05, 3.63) is 100 Å². The molecule has 0 radical (unpaired) electrons. The molecule has 29 heavy (non-hydrogen) atoms. The van der Waals surface area contributed by atoms with Gasteiger partial charge in [0.1, 0.15) is 5.52 Å². The van der Waals surface area contributed by atoms with Gasteiger partial charge in [0, 0.05) is 5.56 Å². The van der Waals surface area contributed by atoms with Crippen LogP contribution < -0.4 is 0 Å². The fourth-order valence-electron chi connectivity index (χ4n) is 3.15. The topological polar surface area (TPSA) is 43.1 Å². The largest absolute Gasteiger partial charge is 0.436 e. The van der Waals surface area contributed by atoms with Crippen LogP contribution in [0.1, 0.15) is 47.1 Å². The maximum atomic E-state index is 13.4. The molecule has 1 aromatic heterocycles. The van der Waals surface area contributed by atoms with E-state index < -0.39 is 0 Å². The first kappa shape index (κ1) is 19.2. The average molecular weight is 402 g/mol. The van der Waals surface area contributed by atoms with E-state index in [4.69, 9.17) is 16.0 Å². The van der Waals surface area contributed by atoms with E-state index in [0.29, 0.717) is 33.2 Å². The van der Waals surface area contributed by atoms with Gasteiger partial charge < -0.3 is 4.42 Å². The van der Waals surface area contributed by atoms with E-state index in [2.05, 4.69) is 31.0 Å². The Hall–Kier alpha value is -3.17. The molecule has 0 saturated heterocycles. The van der Waals surface area contributed by atoms with Gasteiger partial charge in [0.05, 0.1) is 10.6 Å². The number of halogens is 1. The van der Waals surface area contributed by atoms with Crippen LogP contribution in [0.5, 0.6) is 0 Å². The van der Waals surface area contributed by atoms with Crippen LogP contribution in [0.25, 0.3) is 22.7 Å². The summed E-state index contributed by atoms with van der Waals surface area (Å²) in [5.74, 6) is 0.494. The van der Waals surface area contributed by atoms with Crippen molar-refractivity contribution in [3.63, 3.8) is 0 Å². The van der Waals surface area contributed by atoms with E-state index in [9.17, 15) is 4.79 Å². The predicted octanol–water partition coefficient (Wildman–Crippen LogP) is 7.03. The maximum Gasteiger partial charge on any atom is 0.231 e. The molecule has 0 saturated carbocycles. The lowest BCUT2D eigenvalue weighted by Crippen LogP contribution is -2.04. The van der Waals surface area contributed by atoms with Gasteiger partial charge in [-0.3, -0.25) is 4.79 Å². The SMILES string of the molecule is CC(C)c1ccc(/C=C(/C(=O)c2ccccc2Cl)c2nc3ccccc3o2)cc1. The van der Waals surface area contributed by atoms with Gasteiger partial charge >= 0.3 is 0 Å². The standard InChI is InChI=1S/C25H20ClNO2/c1-16(2)18-13-11-17(12-14-18)15-20(24(28)19-7-3-4-8-21(19)26)25-27-22-9-5-6-10-23(22)29-25/h3-16H,1-2H3/b20-15-. The molecule has 4 rings (SSSR count). The Morgan fingerprint density at radius 3 is 2.34 bits per heavy atom. The zero-order valence-electron chi connectivity index (χ0n) is 16.2. The van der Waals surface area contributed by atoms with Crippen LogP contribution in [0.3, 0.4) is 0 Å². The van der Waals surface area contributed by atoms with Crippen LogP contribution in [-0.2, 0) is 0 Å². The molecule has 3 aromatic carbocycles. The Kier molecular flexibility index (Phi) is 5.32. The number of ketones is 1. The van der Waals surface area contributed by atoms with Gasteiger partial charge in [0.2, 0.25) is 5.89 Å². The fourth-order valence-corrected chi connectivity index (χ4v) is 3.37. The second-order valence-corrected chi connectivity index (χ2v) is 7.58. The monoisotopic (exact) mass is 401 g/mol. The number of rotatable bonds is 5. The number of oxazole rings is 1. The summed E-state index contributed by atoms with van der Waals surface area (Å²) < 4.78 is 5.90. The van der Waals surface area contributed by atoms with Crippen molar-refractivity contribution in [2.45, 2.75) is 19.8 Å². The van der Waals surface area contributed by atoms with E-state index in [1.165, 1.54) is 5.56 Å². The first-order valence-electron chi connectivity index (χ1n) is 9.50. The molecule has 0 fully saturated rings. The van der Waals surface area contributed by atoms with E-state index in [1.807, 2.05) is 36.4 Å². The number of carbonyl (C=O) groups excluding carboxylic acids is 1. The number of aromatic nitrogens is 1. The highest BCUT2D eigenvalue weighted by molar-refractivity contribution is 6.40. The Balaban J connectivity index is 1.84. The summed E-state index contributed by atoms with van der Waals surface area (Å²) in [6.07, 6.45) is 1.81. The highest BCUT2D eigenvalue weighted by Crippen LogP contribution is 2.29. The van der Waals surface area contributed by atoms with Crippen molar-refractivity contribution in [1.82, 2.24) is 4.98 Å². The average Bonchev–Trinajstić information content (AvgIpc) is 3.16. The van der Waals surface area contributed by atoms with Crippen LogP contribution in [0.2, 0.25) is 5.02 Å². The summed E-state index contributed by atoms with van der Waals surface area (Å²) in [7, 11) is 0. The third-order valence-electron chi connectivity index (χ3n) is 4.80. The molecule has 0 atom stereocenters. The number of nitrogens with zero attached hydrogens (tertiary/aromatic N) is 1. The van der Waals surface area contributed by atoms with E-state index >= 15 is 0 Å². The number of hydrogen-bond acceptors (Lipinski definition) is 3. The number of hydrogen-bond donors (Lipinski definition) is 0. The summed E-state index contributed by atoms with van der Waals surface area (Å²) in [5, 5.41) is 0.398. The Morgan fingerprint density at radius 2 is 1.66 bits per heavy atom. The zero-order chi connectivity index (χ0) is 20.4. The van der Waals surface area contributed by atoms with E-state index in [0.717, 1.165) is 5.56 Å². The van der Waals surface area contributed by atoms with Crippen LogP contribution >= 0.6 is 11.6 Å². The van der Waals surface area contributed by atoms with Crippen molar-refractivity contribution >= 4 is 40.1 Å². The van der Waals surface area contributed by atoms with Gasteiger partial charge in [0.25, 0.3) is 0 Å². The molecule has 0 aliphatic heterocycles. The number of benzene rings is 3. The molecule has 1 heterocycles. The molecule has 0 aliphatic rings. The molecule has 4 heteroatoms. The zero-order valence-corrected chi connectivity index (χ0v) is 17.0. The van der Waals surface area contributed by atoms with Gasteiger partial charge in [0.15, 0.2) is 11.4 Å². The normalized spacial score (nSPS) is 11.9. The van der Waals surface area contributed by atoms with Crippen LogP contribution in [0, 0.1) is 0 Å². The molecular weight excluding hydrogens is 382 g/mol. The van der Waals surface area contributed by atoms with Crippen molar-refractivity contribution in [1.29, 1.82) is 0 Å².